The Labute approximate surface area is 138 Å². The topological polar surface area (TPSA) is 46.2 Å². The van der Waals surface area contributed by atoms with Gasteiger partial charge in [-0.05, 0) is 29.5 Å². The van der Waals surface area contributed by atoms with Crippen molar-refractivity contribution >= 4 is 34.2 Å². The van der Waals surface area contributed by atoms with Gasteiger partial charge in [-0.15, -0.1) is 0 Å². The highest BCUT2D eigenvalue weighted by atomic mass is 32.2. The van der Waals surface area contributed by atoms with Crippen LogP contribution in [-0.2, 0) is 27.1 Å². The summed E-state index contributed by atoms with van der Waals surface area (Å²) in [4.78, 5) is 11.6. The number of rotatable bonds is 7. The molecule has 0 bridgehead atoms. The molecule has 0 saturated heterocycles. The molecule has 0 saturated carbocycles. The van der Waals surface area contributed by atoms with Crippen molar-refractivity contribution in [3.05, 3.63) is 65.7 Å². The largest absolute Gasteiger partial charge is 0.325 e. The number of nitrogens with one attached hydrogen (secondary N) is 1. The monoisotopic (exact) mass is 333 g/mol. The Balaban J connectivity index is 1.95. The standard InChI is InChI=1S/C17H19NO2S2/c1-21-11-17(19)18-16-9-5-8-15(10-16)13-22(20)12-14-6-3-2-4-7-14/h2-10H,11-13H2,1H3,(H,18,19). The van der Waals surface area contributed by atoms with E-state index >= 15 is 0 Å². The maximum Gasteiger partial charge on any atom is 0.234 e. The third-order valence-corrected chi connectivity index (χ3v) is 4.85. The fourth-order valence-corrected chi connectivity index (χ4v) is 3.62. The summed E-state index contributed by atoms with van der Waals surface area (Å²) in [5.41, 5.74) is 2.80. The lowest BCUT2D eigenvalue weighted by molar-refractivity contribution is -0.113. The summed E-state index contributed by atoms with van der Waals surface area (Å²) in [5.74, 6) is 1.45. The lowest BCUT2D eigenvalue weighted by Crippen LogP contribution is -2.13. The second-order valence-corrected chi connectivity index (χ2v) is 7.22. The summed E-state index contributed by atoms with van der Waals surface area (Å²) in [6, 6.07) is 17.4. The molecular weight excluding hydrogens is 314 g/mol. The van der Waals surface area contributed by atoms with Crippen molar-refractivity contribution in [3.63, 3.8) is 0 Å². The average molecular weight is 333 g/mol. The minimum absolute atomic E-state index is 0.0185. The molecule has 1 amide bonds. The molecule has 3 nitrogen and oxygen atoms in total. The van der Waals surface area contributed by atoms with Crippen LogP contribution in [0.4, 0.5) is 5.69 Å². The normalized spacial score (nSPS) is 11.9. The molecular formula is C17H19NO2S2. The third-order valence-electron chi connectivity index (χ3n) is 2.98. The summed E-state index contributed by atoms with van der Waals surface area (Å²) in [6.07, 6.45) is 1.89. The van der Waals surface area contributed by atoms with Gasteiger partial charge in [-0.1, -0.05) is 42.5 Å². The number of carbonyl (C=O) groups excluding carboxylic acids is 1. The fourth-order valence-electron chi connectivity index (χ4n) is 2.06. The number of carbonyl (C=O) groups is 1. The van der Waals surface area contributed by atoms with E-state index in [0.717, 1.165) is 16.8 Å². The minimum atomic E-state index is -0.963. The molecule has 2 rings (SSSR count). The number of anilines is 1. The van der Waals surface area contributed by atoms with Crippen LogP contribution in [0.25, 0.3) is 0 Å². The summed E-state index contributed by atoms with van der Waals surface area (Å²) >= 11 is 1.48. The van der Waals surface area contributed by atoms with E-state index in [-0.39, 0.29) is 5.91 Å². The van der Waals surface area contributed by atoms with Crippen LogP contribution in [0.1, 0.15) is 11.1 Å². The summed E-state index contributed by atoms with van der Waals surface area (Å²) < 4.78 is 12.2. The Morgan fingerprint density at radius 3 is 2.45 bits per heavy atom. The van der Waals surface area contributed by atoms with Crippen LogP contribution in [0, 0.1) is 0 Å². The van der Waals surface area contributed by atoms with Crippen molar-refractivity contribution in [3.8, 4) is 0 Å². The van der Waals surface area contributed by atoms with Gasteiger partial charge in [-0.2, -0.15) is 11.8 Å². The van der Waals surface area contributed by atoms with E-state index in [9.17, 15) is 9.00 Å². The quantitative estimate of drug-likeness (QED) is 0.844. The van der Waals surface area contributed by atoms with Gasteiger partial charge in [0.05, 0.1) is 5.75 Å². The van der Waals surface area contributed by atoms with Gasteiger partial charge < -0.3 is 5.32 Å². The van der Waals surface area contributed by atoms with Gasteiger partial charge in [-0.3, -0.25) is 9.00 Å². The van der Waals surface area contributed by atoms with Crippen LogP contribution >= 0.6 is 11.8 Å². The molecule has 0 aliphatic rings. The van der Waals surface area contributed by atoms with Crippen LogP contribution in [-0.4, -0.2) is 22.1 Å². The number of benzene rings is 2. The average Bonchev–Trinajstić information content (AvgIpc) is 2.48. The molecule has 5 heteroatoms. The summed E-state index contributed by atoms with van der Waals surface area (Å²) in [7, 11) is -0.963. The maximum atomic E-state index is 12.2. The molecule has 0 aliphatic carbocycles. The molecule has 2 aromatic carbocycles. The smallest absolute Gasteiger partial charge is 0.234 e. The SMILES string of the molecule is CSCC(=O)Nc1cccc(CS(=O)Cc2ccccc2)c1. The Bertz CT molecular complexity index is 644. The molecule has 0 heterocycles. The van der Waals surface area contributed by atoms with Crippen LogP contribution in [0.3, 0.4) is 0 Å². The zero-order chi connectivity index (χ0) is 15.8. The van der Waals surface area contributed by atoms with E-state index in [1.807, 2.05) is 60.9 Å². The van der Waals surface area contributed by atoms with Gasteiger partial charge in [0.1, 0.15) is 0 Å². The second kappa shape index (κ2) is 8.76. The Hall–Kier alpha value is -1.59. The van der Waals surface area contributed by atoms with Crippen LogP contribution in [0.2, 0.25) is 0 Å². The first kappa shape index (κ1) is 16.8. The predicted octanol–water partition coefficient (Wildman–Crippen LogP) is 3.44. The first-order valence-corrected chi connectivity index (χ1v) is 9.82. The molecule has 0 spiro atoms. The van der Waals surface area contributed by atoms with Crippen molar-refractivity contribution in [2.75, 3.05) is 17.3 Å². The minimum Gasteiger partial charge on any atom is -0.325 e. The lowest BCUT2D eigenvalue weighted by Gasteiger charge is -2.07. The van der Waals surface area contributed by atoms with E-state index < -0.39 is 10.8 Å². The number of hydrogen-bond donors (Lipinski definition) is 1. The molecule has 1 N–H and O–H groups in total. The van der Waals surface area contributed by atoms with E-state index in [1.54, 1.807) is 0 Å². The highest BCUT2D eigenvalue weighted by molar-refractivity contribution is 7.99. The first-order valence-electron chi connectivity index (χ1n) is 6.94. The van der Waals surface area contributed by atoms with Gasteiger partial charge >= 0.3 is 0 Å². The fraction of sp³-hybridized carbons (Fsp3) is 0.235. The van der Waals surface area contributed by atoms with Gasteiger partial charge in [0, 0.05) is 28.0 Å². The summed E-state index contributed by atoms with van der Waals surface area (Å²) in [5, 5.41) is 2.85. The Morgan fingerprint density at radius 1 is 1.05 bits per heavy atom. The van der Waals surface area contributed by atoms with Crippen molar-refractivity contribution in [2.45, 2.75) is 11.5 Å². The van der Waals surface area contributed by atoms with Crippen LogP contribution < -0.4 is 5.32 Å². The number of amides is 1. The van der Waals surface area contributed by atoms with E-state index in [0.29, 0.717) is 17.3 Å². The molecule has 0 aromatic heterocycles. The van der Waals surface area contributed by atoms with Crippen molar-refractivity contribution in [2.24, 2.45) is 0 Å². The molecule has 1 atom stereocenters. The summed E-state index contributed by atoms with van der Waals surface area (Å²) in [6.45, 7) is 0. The Kier molecular flexibility index (Phi) is 6.68. The van der Waals surface area contributed by atoms with E-state index in [4.69, 9.17) is 0 Å². The maximum absolute atomic E-state index is 12.2. The molecule has 2 aromatic rings. The molecule has 0 fully saturated rings. The molecule has 0 aliphatic heterocycles. The van der Waals surface area contributed by atoms with Crippen LogP contribution in [0.15, 0.2) is 54.6 Å². The molecule has 22 heavy (non-hydrogen) atoms. The molecule has 116 valence electrons. The molecule has 1 unspecified atom stereocenters. The first-order chi connectivity index (χ1) is 10.7. The zero-order valence-corrected chi connectivity index (χ0v) is 14.1. The van der Waals surface area contributed by atoms with Crippen molar-refractivity contribution in [1.82, 2.24) is 0 Å². The lowest BCUT2D eigenvalue weighted by atomic mass is 10.2. The number of hydrogen-bond acceptors (Lipinski definition) is 3. The van der Waals surface area contributed by atoms with Crippen LogP contribution in [0.5, 0.6) is 0 Å². The van der Waals surface area contributed by atoms with Gasteiger partial charge in [-0.25, -0.2) is 0 Å². The van der Waals surface area contributed by atoms with Gasteiger partial charge in [0.25, 0.3) is 0 Å². The van der Waals surface area contributed by atoms with Crippen molar-refractivity contribution < 1.29 is 9.00 Å². The van der Waals surface area contributed by atoms with Gasteiger partial charge in [0.2, 0.25) is 5.91 Å². The van der Waals surface area contributed by atoms with Gasteiger partial charge in [0.15, 0.2) is 0 Å². The molecule has 0 radical (unpaired) electrons. The highest BCUT2D eigenvalue weighted by Gasteiger charge is 2.06. The predicted molar refractivity (Wildman–Crippen MR) is 95.4 cm³/mol. The highest BCUT2D eigenvalue weighted by Crippen LogP contribution is 2.14. The Morgan fingerprint density at radius 2 is 1.73 bits per heavy atom. The number of thioether (sulfide) groups is 1. The van der Waals surface area contributed by atoms with E-state index in [1.165, 1.54) is 11.8 Å². The third kappa shape index (κ3) is 5.66. The van der Waals surface area contributed by atoms with E-state index in [2.05, 4.69) is 5.32 Å². The second-order valence-electron chi connectivity index (χ2n) is 4.90. The zero-order valence-electron chi connectivity index (χ0n) is 12.5. The van der Waals surface area contributed by atoms with Crippen molar-refractivity contribution in [1.29, 1.82) is 0 Å².